The smallest absolute Gasteiger partial charge is 0.0966 e. The van der Waals surface area contributed by atoms with Gasteiger partial charge in [-0.2, -0.15) is 5.26 Å². The summed E-state index contributed by atoms with van der Waals surface area (Å²) in [6.45, 7) is 2.03. The molecule has 0 bridgehead atoms. The van der Waals surface area contributed by atoms with Crippen LogP contribution in [0.3, 0.4) is 0 Å². The van der Waals surface area contributed by atoms with Crippen LogP contribution < -0.4 is 0 Å². The van der Waals surface area contributed by atoms with Crippen molar-refractivity contribution in [3.05, 3.63) is 35.4 Å². The normalized spacial score (nSPS) is 8.00. The predicted octanol–water partition coefficient (Wildman–Crippen LogP) is 2.26. The van der Waals surface area contributed by atoms with Gasteiger partial charge in [0.05, 0.1) is 12.5 Å². The Bertz CT molecular complexity index is 343. The van der Waals surface area contributed by atoms with Crippen LogP contribution in [0.1, 0.15) is 17.5 Å². The molecule has 0 N–H and O–H groups in total. The molecule has 0 unspecified atom stereocenters. The van der Waals surface area contributed by atoms with Gasteiger partial charge >= 0.3 is 0 Å². The van der Waals surface area contributed by atoms with E-state index < -0.39 is 0 Å². The molecule has 0 saturated heterocycles. The van der Waals surface area contributed by atoms with Crippen LogP contribution in [0.5, 0.6) is 0 Å². The highest BCUT2D eigenvalue weighted by Crippen LogP contribution is 2.00. The fraction of sp³-hybridized carbons (Fsp3) is 0.182. The van der Waals surface area contributed by atoms with Crippen molar-refractivity contribution in [1.82, 2.24) is 0 Å². The zero-order chi connectivity index (χ0) is 8.81. The van der Waals surface area contributed by atoms with Crippen LogP contribution in [-0.2, 0) is 0 Å². The molecule has 0 fully saturated rings. The summed E-state index contributed by atoms with van der Waals surface area (Å²) in [7, 11) is 0. The van der Waals surface area contributed by atoms with Gasteiger partial charge in [-0.1, -0.05) is 29.5 Å². The van der Waals surface area contributed by atoms with E-state index in [0.29, 0.717) is 6.42 Å². The Balaban J connectivity index is 2.74. The lowest BCUT2D eigenvalue weighted by Gasteiger charge is -1.90. The molecule has 0 aliphatic heterocycles. The van der Waals surface area contributed by atoms with Gasteiger partial charge in [-0.3, -0.25) is 0 Å². The van der Waals surface area contributed by atoms with Crippen LogP contribution in [-0.4, -0.2) is 0 Å². The number of benzene rings is 1. The quantitative estimate of drug-likeness (QED) is 0.527. The summed E-state index contributed by atoms with van der Waals surface area (Å²) >= 11 is 0. The van der Waals surface area contributed by atoms with Crippen molar-refractivity contribution >= 4 is 0 Å². The maximum atomic E-state index is 8.24. The molecule has 0 aliphatic rings. The van der Waals surface area contributed by atoms with E-state index >= 15 is 0 Å². The Morgan fingerprint density at radius 2 is 1.92 bits per heavy atom. The van der Waals surface area contributed by atoms with E-state index in [1.54, 1.807) is 0 Å². The summed E-state index contributed by atoms with van der Waals surface area (Å²) in [5.74, 6) is 5.66. The minimum Gasteiger partial charge on any atom is -0.197 e. The molecule has 0 saturated carbocycles. The molecule has 0 aromatic heterocycles. The molecular formula is C11H9N. The topological polar surface area (TPSA) is 23.8 Å². The molecule has 0 atom stereocenters. The molecule has 0 spiro atoms. The van der Waals surface area contributed by atoms with Crippen molar-refractivity contribution < 1.29 is 0 Å². The summed E-state index contributed by atoms with van der Waals surface area (Å²) in [6, 6.07) is 9.91. The third-order valence-corrected chi connectivity index (χ3v) is 1.45. The van der Waals surface area contributed by atoms with Crippen LogP contribution in [0.15, 0.2) is 24.3 Å². The van der Waals surface area contributed by atoms with Crippen molar-refractivity contribution in [3.63, 3.8) is 0 Å². The highest BCUT2D eigenvalue weighted by Gasteiger charge is 1.84. The molecular weight excluding hydrogens is 146 g/mol. The highest BCUT2D eigenvalue weighted by atomic mass is 14.2. The molecule has 0 amide bonds. The lowest BCUT2D eigenvalue weighted by atomic mass is 10.1. The second kappa shape index (κ2) is 4.21. The molecule has 12 heavy (non-hydrogen) atoms. The second-order valence-electron chi connectivity index (χ2n) is 2.50. The average Bonchev–Trinajstić information content (AvgIpc) is 2.09. The Morgan fingerprint density at radius 1 is 1.25 bits per heavy atom. The number of hydrogen-bond acceptors (Lipinski definition) is 1. The molecule has 1 rings (SSSR count). The third kappa shape index (κ3) is 2.48. The van der Waals surface area contributed by atoms with E-state index in [9.17, 15) is 0 Å². The maximum absolute atomic E-state index is 8.24. The molecule has 0 radical (unpaired) electrons. The van der Waals surface area contributed by atoms with Gasteiger partial charge < -0.3 is 0 Å². The fourth-order valence-electron chi connectivity index (χ4n) is 0.823. The lowest BCUT2D eigenvalue weighted by molar-refractivity contribution is 1.39. The number of aryl methyl sites for hydroxylation is 1. The average molecular weight is 155 g/mol. The minimum atomic E-state index is 0.299. The Labute approximate surface area is 72.6 Å². The van der Waals surface area contributed by atoms with Gasteiger partial charge in [0.15, 0.2) is 0 Å². The van der Waals surface area contributed by atoms with Crippen LogP contribution >= 0.6 is 0 Å². The zero-order valence-corrected chi connectivity index (χ0v) is 6.96. The van der Waals surface area contributed by atoms with Crippen LogP contribution in [0, 0.1) is 30.1 Å². The molecule has 0 heterocycles. The second-order valence-corrected chi connectivity index (χ2v) is 2.50. The van der Waals surface area contributed by atoms with Crippen molar-refractivity contribution in [2.45, 2.75) is 13.3 Å². The monoisotopic (exact) mass is 155 g/mol. The first-order valence-electron chi connectivity index (χ1n) is 3.75. The van der Waals surface area contributed by atoms with E-state index in [-0.39, 0.29) is 0 Å². The standard InChI is InChI=1S/C11H9N/c1-10-5-7-11(8-6-10)4-2-3-9-12/h5-8H,3H2,1H3. The summed E-state index contributed by atoms with van der Waals surface area (Å²) in [6.07, 6.45) is 0.299. The van der Waals surface area contributed by atoms with E-state index in [4.69, 9.17) is 5.26 Å². The van der Waals surface area contributed by atoms with E-state index in [1.165, 1.54) is 5.56 Å². The summed E-state index contributed by atoms with van der Waals surface area (Å²) in [4.78, 5) is 0. The van der Waals surface area contributed by atoms with E-state index in [1.807, 2.05) is 37.3 Å². The SMILES string of the molecule is Cc1ccc(C#CCC#N)cc1. The van der Waals surface area contributed by atoms with Gasteiger partial charge in [0.1, 0.15) is 0 Å². The molecule has 1 heteroatoms. The van der Waals surface area contributed by atoms with Crippen molar-refractivity contribution in [2.75, 3.05) is 0 Å². The van der Waals surface area contributed by atoms with Gasteiger partial charge in [-0.25, -0.2) is 0 Å². The molecule has 1 aromatic carbocycles. The van der Waals surface area contributed by atoms with Gasteiger partial charge in [0.25, 0.3) is 0 Å². The Morgan fingerprint density at radius 3 is 2.50 bits per heavy atom. The highest BCUT2D eigenvalue weighted by molar-refractivity contribution is 5.36. The zero-order valence-electron chi connectivity index (χ0n) is 6.96. The summed E-state index contributed by atoms with van der Waals surface area (Å²) < 4.78 is 0. The van der Waals surface area contributed by atoms with Crippen LogP contribution in [0.25, 0.3) is 0 Å². The number of nitriles is 1. The predicted molar refractivity (Wildman–Crippen MR) is 48.3 cm³/mol. The van der Waals surface area contributed by atoms with Crippen molar-refractivity contribution in [2.24, 2.45) is 0 Å². The fourth-order valence-corrected chi connectivity index (χ4v) is 0.823. The largest absolute Gasteiger partial charge is 0.197 e. The number of rotatable bonds is 0. The number of hydrogen-bond donors (Lipinski definition) is 0. The molecule has 1 aromatic rings. The third-order valence-electron chi connectivity index (χ3n) is 1.45. The molecule has 0 aliphatic carbocycles. The summed E-state index contributed by atoms with van der Waals surface area (Å²) in [5, 5.41) is 8.24. The van der Waals surface area contributed by atoms with Crippen molar-refractivity contribution in [1.29, 1.82) is 5.26 Å². The Kier molecular flexibility index (Phi) is 2.94. The van der Waals surface area contributed by atoms with Gasteiger partial charge in [0, 0.05) is 5.56 Å². The van der Waals surface area contributed by atoms with Gasteiger partial charge in [-0.15, -0.1) is 0 Å². The summed E-state index contributed by atoms with van der Waals surface area (Å²) in [5.41, 5.74) is 2.19. The number of nitrogens with zero attached hydrogens (tertiary/aromatic N) is 1. The Hall–Kier alpha value is -1.73. The minimum absolute atomic E-state index is 0.299. The van der Waals surface area contributed by atoms with E-state index in [2.05, 4.69) is 11.8 Å². The van der Waals surface area contributed by atoms with Crippen LogP contribution in [0.2, 0.25) is 0 Å². The van der Waals surface area contributed by atoms with Gasteiger partial charge in [-0.05, 0) is 19.1 Å². The lowest BCUT2D eigenvalue weighted by Crippen LogP contribution is -1.74. The van der Waals surface area contributed by atoms with Gasteiger partial charge in [0.2, 0.25) is 0 Å². The first kappa shape index (κ1) is 8.37. The first-order valence-corrected chi connectivity index (χ1v) is 3.75. The molecule has 1 nitrogen and oxygen atoms in total. The van der Waals surface area contributed by atoms with E-state index in [0.717, 1.165) is 5.56 Å². The molecule has 58 valence electrons. The first-order chi connectivity index (χ1) is 5.83. The van der Waals surface area contributed by atoms with Crippen LogP contribution in [0.4, 0.5) is 0 Å². The van der Waals surface area contributed by atoms with Crippen molar-refractivity contribution in [3.8, 4) is 17.9 Å². The maximum Gasteiger partial charge on any atom is 0.0966 e.